The van der Waals surface area contributed by atoms with Crippen molar-refractivity contribution in [2.24, 2.45) is 0 Å². The number of aliphatic carboxylic acids is 1. The van der Waals surface area contributed by atoms with E-state index in [1.54, 1.807) is 36.2 Å². The average Bonchev–Trinajstić information content (AvgIpc) is 2.59. The minimum atomic E-state index is -1.06. The van der Waals surface area contributed by atoms with Gasteiger partial charge in [0.2, 0.25) is 0 Å². The first-order valence-electron chi connectivity index (χ1n) is 7.67. The van der Waals surface area contributed by atoms with Crippen LogP contribution in [-0.4, -0.2) is 35.5 Å². The van der Waals surface area contributed by atoms with E-state index in [0.29, 0.717) is 11.3 Å². The van der Waals surface area contributed by atoms with Gasteiger partial charge in [0.05, 0.1) is 6.04 Å². The molecule has 2 rings (SSSR count). The molecule has 0 heterocycles. The van der Waals surface area contributed by atoms with E-state index in [9.17, 15) is 9.59 Å². The smallest absolute Gasteiger partial charge is 0.341 e. The Morgan fingerprint density at radius 3 is 2.46 bits per heavy atom. The lowest BCUT2D eigenvalue weighted by Gasteiger charge is -2.25. The number of benzene rings is 2. The number of carbonyl (C=O) groups is 2. The lowest BCUT2D eigenvalue weighted by Crippen LogP contribution is -2.29. The normalized spacial score (nSPS) is 11.6. The van der Waals surface area contributed by atoms with Crippen LogP contribution in [0.4, 0.5) is 0 Å². The van der Waals surface area contributed by atoms with Gasteiger partial charge < -0.3 is 14.7 Å². The fraction of sp³-hybridized carbons (Fsp3) is 0.263. The van der Waals surface area contributed by atoms with E-state index in [1.807, 2.05) is 38.1 Å². The highest BCUT2D eigenvalue weighted by molar-refractivity contribution is 5.94. The molecule has 5 heteroatoms. The second kappa shape index (κ2) is 7.64. The highest BCUT2D eigenvalue weighted by atomic mass is 16.5. The summed E-state index contributed by atoms with van der Waals surface area (Å²) in [5.74, 6) is -0.847. The molecule has 1 N–H and O–H groups in total. The maximum Gasteiger partial charge on any atom is 0.341 e. The molecule has 0 aliphatic heterocycles. The number of ether oxygens (including phenoxy) is 1. The third-order valence-electron chi connectivity index (χ3n) is 3.90. The molecule has 2 aromatic carbocycles. The van der Waals surface area contributed by atoms with Crippen LogP contribution in [0.5, 0.6) is 5.75 Å². The molecule has 126 valence electrons. The number of carboxylic acid groups (broad SMARTS) is 1. The number of aryl methyl sites for hydroxylation is 1. The Labute approximate surface area is 141 Å². The van der Waals surface area contributed by atoms with E-state index in [0.717, 1.165) is 5.56 Å². The van der Waals surface area contributed by atoms with Gasteiger partial charge in [-0.3, -0.25) is 4.79 Å². The van der Waals surface area contributed by atoms with Crippen LogP contribution < -0.4 is 4.74 Å². The van der Waals surface area contributed by atoms with Gasteiger partial charge in [-0.15, -0.1) is 0 Å². The summed E-state index contributed by atoms with van der Waals surface area (Å²) in [5, 5.41) is 8.66. The van der Waals surface area contributed by atoms with Crippen molar-refractivity contribution in [3.05, 3.63) is 65.2 Å². The van der Waals surface area contributed by atoms with Crippen LogP contribution in [0.1, 0.15) is 34.5 Å². The van der Waals surface area contributed by atoms with Crippen molar-refractivity contribution in [3.8, 4) is 5.75 Å². The van der Waals surface area contributed by atoms with Crippen LogP contribution in [0.15, 0.2) is 48.5 Å². The van der Waals surface area contributed by atoms with E-state index in [-0.39, 0.29) is 11.9 Å². The predicted octanol–water partition coefficient (Wildman–Crippen LogP) is 3.29. The van der Waals surface area contributed by atoms with Crippen LogP contribution in [-0.2, 0) is 4.79 Å². The minimum Gasteiger partial charge on any atom is -0.482 e. The van der Waals surface area contributed by atoms with E-state index in [4.69, 9.17) is 9.84 Å². The number of carbonyl (C=O) groups excluding carboxylic acids is 1. The molecule has 24 heavy (non-hydrogen) atoms. The summed E-state index contributed by atoms with van der Waals surface area (Å²) < 4.78 is 5.13. The van der Waals surface area contributed by atoms with Gasteiger partial charge in [-0.1, -0.05) is 35.9 Å². The molecule has 0 radical (unpaired) electrons. The first-order chi connectivity index (χ1) is 11.4. The molecule has 0 saturated heterocycles. The number of amides is 1. The van der Waals surface area contributed by atoms with Crippen LogP contribution in [0.3, 0.4) is 0 Å². The summed E-state index contributed by atoms with van der Waals surface area (Å²) in [6, 6.07) is 14.5. The highest BCUT2D eigenvalue weighted by Gasteiger charge is 2.19. The standard InChI is InChI=1S/C19H21NO4/c1-13-7-9-15(10-8-13)14(2)20(3)19(23)16-5-4-6-17(11-16)24-12-18(21)22/h4-11,14H,12H2,1-3H3,(H,21,22). The fourth-order valence-corrected chi connectivity index (χ4v) is 2.31. The van der Waals surface area contributed by atoms with Gasteiger partial charge in [-0.2, -0.15) is 0 Å². The fourth-order valence-electron chi connectivity index (χ4n) is 2.31. The average molecular weight is 327 g/mol. The largest absolute Gasteiger partial charge is 0.482 e. The van der Waals surface area contributed by atoms with Crippen molar-refractivity contribution in [2.75, 3.05) is 13.7 Å². The topological polar surface area (TPSA) is 66.8 Å². The van der Waals surface area contributed by atoms with Crippen LogP contribution in [0.25, 0.3) is 0 Å². The molecule has 1 unspecified atom stereocenters. The Hall–Kier alpha value is -2.82. The highest BCUT2D eigenvalue weighted by Crippen LogP contribution is 2.22. The zero-order valence-corrected chi connectivity index (χ0v) is 14.0. The molecule has 0 aliphatic rings. The number of hydrogen-bond donors (Lipinski definition) is 1. The minimum absolute atomic E-state index is 0.0818. The van der Waals surface area contributed by atoms with Crippen LogP contribution in [0.2, 0.25) is 0 Å². The van der Waals surface area contributed by atoms with Gasteiger partial charge in [-0.25, -0.2) is 4.79 Å². The quantitative estimate of drug-likeness (QED) is 0.884. The second-order valence-electron chi connectivity index (χ2n) is 5.71. The molecule has 0 aliphatic carbocycles. The Balaban J connectivity index is 2.13. The van der Waals surface area contributed by atoms with Crippen molar-refractivity contribution in [3.63, 3.8) is 0 Å². The van der Waals surface area contributed by atoms with Gasteiger partial charge >= 0.3 is 5.97 Å². The maximum atomic E-state index is 12.7. The molecule has 0 bridgehead atoms. The zero-order valence-electron chi connectivity index (χ0n) is 14.0. The summed E-state index contributed by atoms with van der Waals surface area (Å²) in [7, 11) is 1.75. The lowest BCUT2D eigenvalue weighted by molar-refractivity contribution is -0.139. The molecular formula is C19H21NO4. The van der Waals surface area contributed by atoms with Gasteiger partial charge in [0, 0.05) is 12.6 Å². The SMILES string of the molecule is Cc1ccc(C(C)N(C)C(=O)c2cccc(OCC(=O)O)c2)cc1. The van der Waals surface area contributed by atoms with Crippen molar-refractivity contribution in [1.29, 1.82) is 0 Å². The molecule has 0 spiro atoms. The van der Waals surface area contributed by atoms with E-state index in [2.05, 4.69) is 0 Å². The first-order valence-corrected chi connectivity index (χ1v) is 7.67. The van der Waals surface area contributed by atoms with Gasteiger partial charge in [-0.05, 0) is 37.6 Å². The molecule has 0 aromatic heterocycles. The van der Waals surface area contributed by atoms with Crippen molar-refractivity contribution < 1.29 is 19.4 Å². The number of carboxylic acids is 1. The van der Waals surface area contributed by atoms with Crippen molar-refractivity contribution in [1.82, 2.24) is 4.90 Å². The van der Waals surface area contributed by atoms with Crippen molar-refractivity contribution >= 4 is 11.9 Å². The third-order valence-corrected chi connectivity index (χ3v) is 3.90. The molecule has 1 atom stereocenters. The Kier molecular flexibility index (Phi) is 5.58. The molecule has 0 fully saturated rings. The van der Waals surface area contributed by atoms with Gasteiger partial charge in [0.15, 0.2) is 6.61 Å². The lowest BCUT2D eigenvalue weighted by atomic mass is 10.0. The second-order valence-corrected chi connectivity index (χ2v) is 5.71. The molecule has 1 amide bonds. The maximum absolute atomic E-state index is 12.7. The Morgan fingerprint density at radius 2 is 1.83 bits per heavy atom. The summed E-state index contributed by atoms with van der Waals surface area (Å²) in [6.07, 6.45) is 0. The first kappa shape index (κ1) is 17.5. The number of hydrogen-bond acceptors (Lipinski definition) is 3. The van der Waals surface area contributed by atoms with Gasteiger partial charge in [0.25, 0.3) is 5.91 Å². The Morgan fingerprint density at radius 1 is 1.17 bits per heavy atom. The monoisotopic (exact) mass is 327 g/mol. The van der Waals surface area contributed by atoms with E-state index < -0.39 is 12.6 Å². The predicted molar refractivity (Wildman–Crippen MR) is 91.3 cm³/mol. The summed E-state index contributed by atoms with van der Waals surface area (Å²) in [4.78, 5) is 24.9. The van der Waals surface area contributed by atoms with E-state index >= 15 is 0 Å². The van der Waals surface area contributed by atoms with Crippen LogP contribution in [0, 0.1) is 6.92 Å². The molecule has 2 aromatic rings. The Bertz CT molecular complexity index is 724. The van der Waals surface area contributed by atoms with E-state index in [1.165, 1.54) is 5.56 Å². The van der Waals surface area contributed by atoms with Gasteiger partial charge in [0.1, 0.15) is 5.75 Å². The zero-order chi connectivity index (χ0) is 17.7. The molecule has 0 saturated carbocycles. The molecule has 5 nitrogen and oxygen atoms in total. The third kappa shape index (κ3) is 4.35. The van der Waals surface area contributed by atoms with Crippen molar-refractivity contribution in [2.45, 2.75) is 19.9 Å². The number of nitrogens with zero attached hydrogens (tertiary/aromatic N) is 1. The summed E-state index contributed by atoms with van der Waals surface area (Å²) in [5.41, 5.74) is 2.68. The van der Waals surface area contributed by atoms with Crippen LogP contribution >= 0.6 is 0 Å². The summed E-state index contributed by atoms with van der Waals surface area (Å²) in [6.45, 7) is 3.55. The number of rotatable bonds is 6. The molecular weight excluding hydrogens is 306 g/mol. The summed E-state index contributed by atoms with van der Waals surface area (Å²) >= 11 is 0.